The molecular formula is C26H27N2S+. The highest BCUT2D eigenvalue weighted by Gasteiger charge is 2.24. The van der Waals surface area contributed by atoms with Crippen LogP contribution in [0, 0.1) is 0 Å². The first kappa shape index (κ1) is 19.4. The van der Waals surface area contributed by atoms with E-state index in [0.29, 0.717) is 0 Å². The van der Waals surface area contributed by atoms with Crippen LogP contribution >= 0.6 is 11.3 Å². The fourth-order valence-electron chi connectivity index (χ4n) is 3.92. The number of thiazole rings is 1. The third-order valence-corrected chi connectivity index (χ3v) is 6.50. The van der Waals surface area contributed by atoms with Gasteiger partial charge in [0.15, 0.2) is 6.54 Å². The lowest BCUT2D eigenvalue weighted by Gasteiger charge is -2.07. The third-order valence-electron chi connectivity index (χ3n) is 5.35. The number of benzene rings is 3. The SMILES string of the molecule is C=Cc1sc2ccc(N)c(-c3ccccc3)c2[n+]1CCCCCc1ccccc1. The van der Waals surface area contributed by atoms with Crippen LogP contribution < -0.4 is 10.3 Å². The molecule has 0 aliphatic rings. The summed E-state index contributed by atoms with van der Waals surface area (Å²) in [7, 11) is 0. The van der Waals surface area contributed by atoms with Crippen LogP contribution in [0.4, 0.5) is 5.69 Å². The largest absolute Gasteiger partial charge is 0.398 e. The quantitative estimate of drug-likeness (QED) is 0.205. The van der Waals surface area contributed by atoms with Crippen LogP contribution in [0.5, 0.6) is 0 Å². The Bertz CT molecular complexity index is 1100. The number of aryl methyl sites for hydroxylation is 2. The van der Waals surface area contributed by atoms with Gasteiger partial charge >= 0.3 is 0 Å². The first-order valence-corrected chi connectivity index (χ1v) is 11.1. The number of hydrogen-bond donors (Lipinski definition) is 1. The molecule has 0 amide bonds. The molecule has 0 radical (unpaired) electrons. The molecule has 0 aliphatic heterocycles. The van der Waals surface area contributed by atoms with Gasteiger partial charge in [0.2, 0.25) is 5.52 Å². The maximum Gasteiger partial charge on any atom is 0.262 e. The van der Waals surface area contributed by atoms with E-state index in [2.05, 4.69) is 71.8 Å². The molecule has 4 rings (SSSR count). The Kier molecular flexibility index (Phi) is 6.06. The molecule has 1 aromatic heterocycles. The van der Waals surface area contributed by atoms with Crippen molar-refractivity contribution in [2.24, 2.45) is 0 Å². The second kappa shape index (κ2) is 9.06. The number of rotatable bonds is 8. The van der Waals surface area contributed by atoms with Crippen molar-refractivity contribution < 1.29 is 4.57 Å². The van der Waals surface area contributed by atoms with Crippen molar-refractivity contribution in [3.05, 3.63) is 89.9 Å². The Morgan fingerprint density at radius 3 is 2.31 bits per heavy atom. The number of nitrogens with zero attached hydrogens (tertiary/aromatic N) is 1. The minimum absolute atomic E-state index is 0.829. The van der Waals surface area contributed by atoms with Crippen molar-refractivity contribution in [1.29, 1.82) is 0 Å². The predicted molar refractivity (Wildman–Crippen MR) is 126 cm³/mol. The van der Waals surface area contributed by atoms with Crippen molar-refractivity contribution in [2.75, 3.05) is 5.73 Å². The average molecular weight is 400 g/mol. The number of aromatic nitrogens is 1. The summed E-state index contributed by atoms with van der Waals surface area (Å²) < 4.78 is 3.67. The maximum absolute atomic E-state index is 6.44. The Morgan fingerprint density at radius 2 is 1.59 bits per heavy atom. The van der Waals surface area contributed by atoms with Gasteiger partial charge in [-0.15, -0.1) is 0 Å². The molecule has 146 valence electrons. The molecule has 3 aromatic carbocycles. The fraction of sp³-hybridized carbons (Fsp3) is 0.192. The average Bonchev–Trinajstić information content (AvgIpc) is 3.12. The molecule has 0 atom stereocenters. The molecule has 0 saturated heterocycles. The molecule has 29 heavy (non-hydrogen) atoms. The summed E-state index contributed by atoms with van der Waals surface area (Å²) in [5.41, 5.74) is 12.2. The number of nitrogens with two attached hydrogens (primary N) is 1. The predicted octanol–water partition coefficient (Wildman–Crippen LogP) is 6.49. The topological polar surface area (TPSA) is 29.9 Å². The molecule has 0 bridgehead atoms. The van der Waals surface area contributed by atoms with Crippen molar-refractivity contribution >= 4 is 33.3 Å². The van der Waals surface area contributed by atoms with Crippen molar-refractivity contribution in [3.63, 3.8) is 0 Å². The normalized spacial score (nSPS) is 11.0. The minimum atomic E-state index is 0.829. The summed E-state index contributed by atoms with van der Waals surface area (Å²) in [5, 5.41) is 1.20. The first-order chi connectivity index (χ1) is 14.3. The van der Waals surface area contributed by atoms with Crippen LogP contribution in [0.1, 0.15) is 29.8 Å². The van der Waals surface area contributed by atoms with Crippen LogP contribution in [0.25, 0.3) is 27.4 Å². The van der Waals surface area contributed by atoms with Gasteiger partial charge in [-0.05, 0) is 42.5 Å². The molecule has 0 spiro atoms. The molecule has 1 heterocycles. The van der Waals surface area contributed by atoms with Crippen LogP contribution in [-0.4, -0.2) is 0 Å². The zero-order valence-electron chi connectivity index (χ0n) is 16.7. The summed E-state index contributed by atoms with van der Waals surface area (Å²) in [6.45, 7) is 5.04. The summed E-state index contributed by atoms with van der Waals surface area (Å²) in [5.74, 6) is 0. The zero-order valence-corrected chi connectivity index (χ0v) is 17.5. The summed E-state index contributed by atoms with van der Waals surface area (Å²) in [6.07, 6.45) is 6.68. The van der Waals surface area contributed by atoms with Crippen molar-refractivity contribution in [3.8, 4) is 11.1 Å². The summed E-state index contributed by atoms with van der Waals surface area (Å²) in [6, 6.07) is 25.4. The van der Waals surface area contributed by atoms with Gasteiger partial charge in [-0.2, -0.15) is 4.57 Å². The highest BCUT2D eigenvalue weighted by atomic mass is 32.1. The van der Waals surface area contributed by atoms with E-state index in [-0.39, 0.29) is 0 Å². The first-order valence-electron chi connectivity index (χ1n) is 10.2. The Morgan fingerprint density at radius 1 is 0.862 bits per heavy atom. The van der Waals surface area contributed by atoms with Crippen molar-refractivity contribution in [1.82, 2.24) is 0 Å². The van der Waals surface area contributed by atoms with Gasteiger partial charge < -0.3 is 5.73 Å². The summed E-state index contributed by atoms with van der Waals surface area (Å²) in [4.78, 5) is 0. The molecule has 2 nitrogen and oxygen atoms in total. The lowest BCUT2D eigenvalue weighted by molar-refractivity contribution is -0.668. The van der Waals surface area contributed by atoms with E-state index in [9.17, 15) is 0 Å². The molecule has 0 saturated carbocycles. The Hall–Kier alpha value is -2.91. The van der Waals surface area contributed by atoms with Crippen LogP contribution in [0.3, 0.4) is 0 Å². The van der Waals surface area contributed by atoms with E-state index >= 15 is 0 Å². The molecule has 0 unspecified atom stereocenters. The lowest BCUT2D eigenvalue weighted by atomic mass is 10.0. The highest BCUT2D eigenvalue weighted by molar-refractivity contribution is 7.19. The Labute approximate surface area is 177 Å². The van der Waals surface area contributed by atoms with Gasteiger partial charge in [0.1, 0.15) is 4.70 Å². The summed E-state index contributed by atoms with van der Waals surface area (Å²) >= 11 is 1.79. The third kappa shape index (κ3) is 4.25. The highest BCUT2D eigenvalue weighted by Crippen LogP contribution is 2.35. The second-order valence-electron chi connectivity index (χ2n) is 7.33. The van der Waals surface area contributed by atoms with Gasteiger partial charge in [-0.25, -0.2) is 0 Å². The smallest absolute Gasteiger partial charge is 0.262 e. The second-order valence-corrected chi connectivity index (χ2v) is 8.40. The molecular weight excluding hydrogens is 372 g/mol. The molecule has 3 heteroatoms. The number of anilines is 1. The monoisotopic (exact) mass is 399 g/mol. The number of fused-ring (bicyclic) bond motifs is 1. The van der Waals surface area contributed by atoms with E-state index in [1.54, 1.807) is 11.3 Å². The van der Waals surface area contributed by atoms with Gasteiger partial charge in [0, 0.05) is 18.2 Å². The van der Waals surface area contributed by atoms with Gasteiger partial charge in [0.05, 0.1) is 5.56 Å². The van der Waals surface area contributed by atoms with E-state index in [4.69, 9.17) is 5.73 Å². The van der Waals surface area contributed by atoms with E-state index in [1.165, 1.54) is 39.2 Å². The van der Waals surface area contributed by atoms with Crippen molar-refractivity contribution in [2.45, 2.75) is 32.2 Å². The minimum Gasteiger partial charge on any atom is -0.398 e. The maximum atomic E-state index is 6.44. The van der Waals surface area contributed by atoms with Crippen LogP contribution in [0.15, 0.2) is 79.4 Å². The number of unbranched alkanes of at least 4 members (excludes halogenated alkanes) is 2. The Balaban J connectivity index is 1.58. The fourth-order valence-corrected chi connectivity index (χ4v) is 4.96. The molecule has 0 aliphatic carbocycles. The van der Waals surface area contributed by atoms with E-state index in [0.717, 1.165) is 30.6 Å². The standard InChI is InChI=1S/C26H27N2S/c1-2-24-28(19-11-5-8-14-20-12-6-3-7-13-20)26-23(29-24)18-17-22(27)25(26)21-15-9-4-10-16-21/h2-4,6-7,9-10,12-13,15-18H,1,5,8,11,14,19,27H2/q+1. The molecule has 4 aromatic rings. The van der Waals surface area contributed by atoms with E-state index in [1.807, 2.05) is 18.2 Å². The van der Waals surface area contributed by atoms with Gasteiger partial charge in [-0.3, -0.25) is 0 Å². The van der Waals surface area contributed by atoms with Crippen LogP contribution in [-0.2, 0) is 13.0 Å². The molecule has 2 N–H and O–H groups in total. The van der Waals surface area contributed by atoms with Gasteiger partial charge in [-0.1, -0.05) is 78.6 Å². The zero-order chi connectivity index (χ0) is 20.1. The number of nitrogen functional groups attached to an aromatic ring is 1. The lowest BCUT2D eigenvalue weighted by Crippen LogP contribution is -2.35. The van der Waals surface area contributed by atoms with E-state index < -0.39 is 0 Å². The number of hydrogen-bond acceptors (Lipinski definition) is 2. The van der Waals surface area contributed by atoms with Gasteiger partial charge in [0.25, 0.3) is 5.01 Å². The molecule has 0 fully saturated rings. The van der Waals surface area contributed by atoms with Crippen LogP contribution in [0.2, 0.25) is 0 Å².